The monoisotopic (exact) mass is 454 g/mol. The fraction of sp³-hybridized carbons (Fsp3) is 0.375. The second kappa shape index (κ2) is 9.16. The number of fused-ring (bicyclic) bond motifs is 1. The minimum Gasteiger partial charge on any atom is -0.496 e. The van der Waals surface area contributed by atoms with Crippen molar-refractivity contribution < 1.29 is 4.74 Å². The van der Waals surface area contributed by atoms with Crippen LogP contribution in [0.3, 0.4) is 0 Å². The second-order valence-corrected chi connectivity index (χ2v) is 9.43. The number of thiophene rings is 1. The smallest absolute Gasteiger partial charge is 0.332 e. The highest BCUT2D eigenvalue weighted by Crippen LogP contribution is 2.31. The van der Waals surface area contributed by atoms with Gasteiger partial charge < -0.3 is 4.74 Å². The van der Waals surface area contributed by atoms with E-state index in [0.717, 1.165) is 16.1 Å². The maximum Gasteiger partial charge on any atom is 0.332 e. The number of aryl methyl sites for hydroxylation is 2. The van der Waals surface area contributed by atoms with Gasteiger partial charge in [0.05, 0.1) is 12.5 Å². The lowest BCUT2D eigenvalue weighted by Gasteiger charge is -2.23. The van der Waals surface area contributed by atoms with Crippen molar-refractivity contribution in [3.63, 3.8) is 0 Å². The van der Waals surface area contributed by atoms with Gasteiger partial charge in [-0.3, -0.25) is 13.9 Å². The lowest BCUT2D eigenvalue weighted by atomic mass is 10.1. The van der Waals surface area contributed by atoms with E-state index in [-0.39, 0.29) is 11.2 Å². The first kappa shape index (κ1) is 23.5. The highest BCUT2D eigenvalue weighted by Gasteiger charge is 2.26. The number of rotatable bonds is 7. The molecule has 7 nitrogen and oxygen atoms in total. The van der Waals surface area contributed by atoms with Gasteiger partial charge in [-0.25, -0.2) is 9.48 Å². The van der Waals surface area contributed by atoms with Crippen molar-refractivity contribution in [1.82, 2.24) is 18.9 Å². The van der Waals surface area contributed by atoms with E-state index in [4.69, 9.17) is 4.74 Å². The molecule has 0 N–H and O–H groups in total. The van der Waals surface area contributed by atoms with Crippen LogP contribution in [0.2, 0.25) is 0 Å². The van der Waals surface area contributed by atoms with Crippen molar-refractivity contribution in [3.05, 3.63) is 81.0 Å². The molecular weight excluding hydrogens is 424 g/mol. The molecule has 0 spiro atoms. The van der Waals surface area contributed by atoms with Gasteiger partial charge in [-0.1, -0.05) is 30.1 Å². The first-order valence-electron chi connectivity index (χ1n) is 10.5. The van der Waals surface area contributed by atoms with Crippen molar-refractivity contribution in [1.29, 1.82) is 0 Å². The molecule has 0 aromatic carbocycles. The predicted molar refractivity (Wildman–Crippen MR) is 131 cm³/mol. The Morgan fingerprint density at radius 1 is 1.31 bits per heavy atom. The quantitative estimate of drug-likeness (QED) is 0.389. The maximum atomic E-state index is 13.6. The molecule has 3 aromatic rings. The van der Waals surface area contributed by atoms with Crippen LogP contribution in [0.1, 0.15) is 39.7 Å². The first-order valence-corrected chi connectivity index (χ1v) is 11.3. The van der Waals surface area contributed by atoms with Crippen molar-refractivity contribution >= 4 is 21.6 Å². The van der Waals surface area contributed by atoms with Gasteiger partial charge in [-0.15, -0.1) is 0 Å². The largest absolute Gasteiger partial charge is 0.496 e. The lowest BCUT2D eigenvalue weighted by molar-refractivity contribution is 0.301. The molecule has 0 aliphatic carbocycles. The van der Waals surface area contributed by atoms with E-state index in [1.54, 1.807) is 28.6 Å². The van der Waals surface area contributed by atoms with Crippen molar-refractivity contribution in [2.45, 2.75) is 53.1 Å². The molecule has 0 bridgehead atoms. The molecule has 8 heteroatoms. The fourth-order valence-corrected chi connectivity index (χ4v) is 5.06. The van der Waals surface area contributed by atoms with Crippen molar-refractivity contribution in [2.75, 3.05) is 7.11 Å². The van der Waals surface area contributed by atoms with Gasteiger partial charge in [-0.2, -0.15) is 5.10 Å². The maximum absolute atomic E-state index is 13.6. The SMILES string of the molecule is C=C/C(OC)=C(\C=C/C)CCn1c(=O)n(C(C)(C)C)c(=O)c2c(C)c(-n3cccn3)sc21. The highest BCUT2D eigenvalue weighted by molar-refractivity contribution is 7.21. The second-order valence-electron chi connectivity index (χ2n) is 8.46. The lowest BCUT2D eigenvalue weighted by Crippen LogP contribution is -2.47. The first-order chi connectivity index (χ1) is 15.1. The van der Waals surface area contributed by atoms with E-state index >= 15 is 0 Å². The van der Waals surface area contributed by atoms with E-state index in [1.807, 2.05) is 59.0 Å². The molecule has 3 heterocycles. The molecular formula is C24H30N4O3S. The molecule has 170 valence electrons. The van der Waals surface area contributed by atoms with Gasteiger partial charge >= 0.3 is 5.69 Å². The summed E-state index contributed by atoms with van der Waals surface area (Å²) in [7, 11) is 1.60. The third-order valence-corrected chi connectivity index (χ3v) is 6.57. The van der Waals surface area contributed by atoms with E-state index in [2.05, 4.69) is 11.7 Å². The number of ether oxygens (including phenoxy) is 1. The standard InChI is InChI=1S/C24H30N4O3S/c1-8-11-17(18(9-2)31-7)12-15-26-22-19(20(29)28(23(26)30)24(4,5)6)16(3)21(32-22)27-14-10-13-25-27/h8-11,13-14H,2,12,15H2,1,3-7H3/b11-8-,18-17-. The Morgan fingerprint density at radius 2 is 2.03 bits per heavy atom. The molecule has 3 rings (SSSR count). The third-order valence-electron chi connectivity index (χ3n) is 5.27. The van der Waals surface area contributed by atoms with Crippen LogP contribution in [0.25, 0.3) is 15.2 Å². The van der Waals surface area contributed by atoms with Crippen LogP contribution in [0.4, 0.5) is 0 Å². The van der Waals surface area contributed by atoms with Gasteiger partial charge in [0.25, 0.3) is 5.56 Å². The van der Waals surface area contributed by atoms with Crippen molar-refractivity contribution in [2.24, 2.45) is 0 Å². The molecule has 0 unspecified atom stereocenters. The minimum atomic E-state index is -0.662. The molecule has 0 radical (unpaired) electrons. The van der Waals surface area contributed by atoms with Gasteiger partial charge in [-0.05, 0) is 58.8 Å². The molecule has 0 fully saturated rings. The summed E-state index contributed by atoms with van der Waals surface area (Å²) < 4.78 is 10.2. The molecule has 32 heavy (non-hydrogen) atoms. The predicted octanol–water partition coefficient (Wildman–Crippen LogP) is 4.53. The zero-order valence-electron chi connectivity index (χ0n) is 19.5. The number of hydrogen-bond donors (Lipinski definition) is 0. The molecule has 0 amide bonds. The number of hydrogen-bond acceptors (Lipinski definition) is 5. The summed E-state index contributed by atoms with van der Waals surface area (Å²) >= 11 is 1.41. The summed E-state index contributed by atoms with van der Waals surface area (Å²) in [5.74, 6) is 0.663. The average molecular weight is 455 g/mol. The van der Waals surface area contributed by atoms with E-state index in [1.165, 1.54) is 15.9 Å². The number of aromatic nitrogens is 4. The third kappa shape index (κ3) is 4.14. The van der Waals surface area contributed by atoms with Crippen LogP contribution in [0.15, 0.2) is 64.2 Å². The van der Waals surface area contributed by atoms with Crippen LogP contribution >= 0.6 is 11.3 Å². The molecule has 0 saturated carbocycles. The van der Waals surface area contributed by atoms with Crippen LogP contribution in [0, 0.1) is 6.92 Å². The molecule has 0 aliphatic rings. The van der Waals surface area contributed by atoms with Crippen LogP contribution in [-0.4, -0.2) is 26.0 Å². The molecule has 0 saturated heterocycles. The number of allylic oxidation sites excluding steroid dienone is 4. The summed E-state index contributed by atoms with van der Waals surface area (Å²) in [5, 5.41) is 5.71. The van der Waals surface area contributed by atoms with Gasteiger partial charge in [0.1, 0.15) is 15.6 Å². The van der Waals surface area contributed by atoms with Gasteiger partial charge in [0.2, 0.25) is 0 Å². The molecule has 0 aliphatic heterocycles. The topological polar surface area (TPSA) is 71.0 Å². The average Bonchev–Trinajstić information content (AvgIpc) is 3.35. The zero-order valence-corrected chi connectivity index (χ0v) is 20.3. The number of methoxy groups -OCH3 is 1. The van der Waals surface area contributed by atoms with E-state index < -0.39 is 5.54 Å². The molecule has 3 aromatic heterocycles. The Balaban J connectivity index is 2.30. The zero-order chi connectivity index (χ0) is 23.6. The minimum absolute atomic E-state index is 0.270. The summed E-state index contributed by atoms with van der Waals surface area (Å²) in [4.78, 5) is 27.7. The normalized spacial score (nSPS) is 13.1. The highest BCUT2D eigenvalue weighted by atomic mass is 32.1. The summed E-state index contributed by atoms with van der Waals surface area (Å²) in [6, 6.07) is 1.83. The Morgan fingerprint density at radius 3 is 2.56 bits per heavy atom. The molecule has 0 atom stereocenters. The van der Waals surface area contributed by atoms with Crippen LogP contribution < -0.4 is 11.2 Å². The Bertz CT molecular complexity index is 1310. The Hall–Kier alpha value is -3.13. The van der Waals surface area contributed by atoms with E-state index in [0.29, 0.717) is 28.9 Å². The van der Waals surface area contributed by atoms with Gasteiger partial charge in [0.15, 0.2) is 0 Å². The van der Waals surface area contributed by atoms with Crippen LogP contribution in [0.5, 0.6) is 0 Å². The summed E-state index contributed by atoms with van der Waals surface area (Å²) in [6.07, 6.45) is 9.62. The van der Waals surface area contributed by atoms with Crippen molar-refractivity contribution in [3.8, 4) is 5.00 Å². The number of nitrogens with zero attached hydrogens (tertiary/aromatic N) is 4. The van der Waals surface area contributed by atoms with Gasteiger partial charge in [0, 0.05) is 30.0 Å². The Labute approximate surface area is 191 Å². The fourth-order valence-electron chi connectivity index (χ4n) is 3.80. The summed E-state index contributed by atoms with van der Waals surface area (Å²) in [6.45, 7) is 13.7. The Kier molecular flexibility index (Phi) is 6.74. The van der Waals surface area contributed by atoms with E-state index in [9.17, 15) is 9.59 Å². The summed E-state index contributed by atoms with van der Waals surface area (Å²) in [5.41, 5.74) is 0.498. The van der Waals surface area contributed by atoms with Crippen LogP contribution in [-0.2, 0) is 16.8 Å².